The van der Waals surface area contributed by atoms with E-state index in [-0.39, 0.29) is 17.3 Å². The highest BCUT2D eigenvalue weighted by molar-refractivity contribution is 6.31. The Morgan fingerprint density at radius 1 is 1.11 bits per heavy atom. The van der Waals surface area contributed by atoms with E-state index in [1.807, 2.05) is 24.3 Å². The van der Waals surface area contributed by atoms with Gasteiger partial charge in [-0.05, 0) is 71.8 Å². The van der Waals surface area contributed by atoms with Crippen LogP contribution in [0.5, 0.6) is 11.5 Å². The Balaban J connectivity index is 0.000000383. The molecule has 0 radical (unpaired) electrons. The molecule has 0 bridgehead atoms. The van der Waals surface area contributed by atoms with E-state index in [1.165, 1.54) is 56.0 Å². The topological polar surface area (TPSA) is 64.3 Å². The fourth-order valence-electron chi connectivity index (χ4n) is 4.05. The third-order valence-corrected chi connectivity index (χ3v) is 6.70. The second-order valence-electron chi connectivity index (χ2n) is 9.20. The van der Waals surface area contributed by atoms with Crippen LogP contribution >= 0.6 is 11.6 Å². The molecule has 1 fully saturated rings. The van der Waals surface area contributed by atoms with Crippen LogP contribution in [0.25, 0.3) is 5.70 Å². The first-order valence-electron chi connectivity index (χ1n) is 12.3. The highest BCUT2D eigenvalue weighted by Crippen LogP contribution is 2.36. The SMILES string of the molecule is C=C(N)c1ccc(CNC(=O)c2cc(Cl)ccc2Oc2ccc(F)cc2)cc1.CCCC1CCC1C. The van der Waals surface area contributed by atoms with Crippen LogP contribution in [0.3, 0.4) is 0 Å². The summed E-state index contributed by atoms with van der Waals surface area (Å²) in [6, 6.07) is 17.7. The molecule has 3 N–H and O–H groups in total. The second-order valence-corrected chi connectivity index (χ2v) is 9.64. The van der Waals surface area contributed by atoms with Crippen molar-refractivity contribution in [1.29, 1.82) is 0 Å². The Morgan fingerprint density at radius 2 is 1.81 bits per heavy atom. The molecule has 0 heterocycles. The number of carbonyl (C=O) groups is 1. The van der Waals surface area contributed by atoms with Gasteiger partial charge in [-0.3, -0.25) is 4.79 Å². The zero-order chi connectivity index (χ0) is 26.1. The molecule has 36 heavy (non-hydrogen) atoms. The van der Waals surface area contributed by atoms with E-state index < -0.39 is 0 Å². The first-order valence-corrected chi connectivity index (χ1v) is 12.7. The fourth-order valence-corrected chi connectivity index (χ4v) is 4.22. The lowest BCUT2D eigenvalue weighted by atomic mass is 9.73. The average Bonchev–Trinajstić information content (AvgIpc) is 2.88. The quantitative estimate of drug-likeness (QED) is 0.324. The molecular formula is C30H34ClFN2O2. The predicted molar refractivity (Wildman–Crippen MR) is 146 cm³/mol. The number of hydrogen-bond acceptors (Lipinski definition) is 3. The van der Waals surface area contributed by atoms with E-state index in [0.29, 0.717) is 28.8 Å². The average molecular weight is 509 g/mol. The van der Waals surface area contributed by atoms with Crippen LogP contribution in [0.15, 0.2) is 73.3 Å². The maximum atomic E-state index is 13.1. The summed E-state index contributed by atoms with van der Waals surface area (Å²) < 4.78 is 18.8. The summed E-state index contributed by atoms with van der Waals surface area (Å²) in [7, 11) is 0. The van der Waals surface area contributed by atoms with Crippen molar-refractivity contribution >= 4 is 23.2 Å². The summed E-state index contributed by atoms with van der Waals surface area (Å²) >= 11 is 6.04. The van der Waals surface area contributed by atoms with Crippen molar-refractivity contribution in [2.75, 3.05) is 0 Å². The second kappa shape index (κ2) is 13.1. The monoisotopic (exact) mass is 508 g/mol. The molecule has 4 nitrogen and oxygen atoms in total. The summed E-state index contributed by atoms with van der Waals surface area (Å²) in [5, 5.41) is 3.24. The van der Waals surface area contributed by atoms with E-state index in [4.69, 9.17) is 22.1 Å². The lowest BCUT2D eigenvalue weighted by Crippen LogP contribution is -2.23. The molecule has 4 rings (SSSR count). The molecule has 6 heteroatoms. The zero-order valence-electron chi connectivity index (χ0n) is 20.9. The third-order valence-electron chi connectivity index (χ3n) is 6.46. The van der Waals surface area contributed by atoms with Crippen LogP contribution in [0.1, 0.15) is 61.0 Å². The molecule has 3 aromatic carbocycles. The molecule has 3 aromatic rings. The van der Waals surface area contributed by atoms with Gasteiger partial charge in [0.15, 0.2) is 0 Å². The Labute approximate surface area is 218 Å². The first kappa shape index (κ1) is 27.3. The van der Waals surface area contributed by atoms with E-state index >= 15 is 0 Å². The number of carbonyl (C=O) groups excluding carboxylic acids is 1. The summed E-state index contributed by atoms with van der Waals surface area (Å²) in [5.74, 6) is 2.17. The Morgan fingerprint density at radius 3 is 2.33 bits per heavy atom. The molecule has 0 aromatic heterocycles. The van der Waals surface area contributed by atoms with Gasteiger partial charge in [0, 0.05) is 17.3 Å². The maximum Gasteiger partial charge on any atom is 0.255 e. The van der Waals surface area contributed by atoms with Crippen LogP contribution < -0.4 is 15.8 Å². The summed E-state index contributed by atoms with van der Waals surface area (Å²) in [6.07, 6.45) is 5.86. The van der Waals surface area contributed by atoms with Crippen molar-refractivity contribution in [2.24, 2.45) is 17.6 Å². The lowest BCUT2D eigenvalue weighted by Gasteiger charge is -2.33. The standard InChI is InChI=1S/C22H18ClFN2O2.C8H16/c1-14(25)16-4-2-15(3-5-16)13-26-22(27)20-12-17(23)6-11-21(20)28-19-9-7-18(24)8-10-19;1-3-4-8-6-5-7(8)2/h2-12H,1,13,25H2,(H,26,27);7-8H,3-6H2,1-2H3. The van der Waals surface area contributed by atoms with E-state index in [0.717, 1.165) is 23.0 Å². The van der Waals surface area contributed by atoms with Crippen molar-refractivity contribution in [2.45, 2.75) is 46.1 Å². The van der Waals surface area contributed by atoms with Crippen molar-refractivity contribution in [3.8, 4) is 11.5 Å². The molecule has 2 atom stereocenters. The van der Waals surface area contributed by atoms with Gasteiger partial charge in [0.1, 0.15) is 17.3 Å². The van der Waals surface area contributed by atoms with E-state index in [1.54, 1.807) is 12.1 Å². The van der Waals surface area contributed by atoms with Crippen LogP contribution in [-0.2, 0) is 6.54 Å². The van der Waals surface area contributed by atoms with Gasteiger partial charge in [-0.2, -0.15) is 0 Å². The first-order chi connectivity index (χ1) is 17.3. The minimum Gasteiger partial charge on any atom is -0.457 e. The summed E-state index contributed by atoms with van der Waals surface area (Å²) in [6.45, 7) is 8.67. The van der Waals surface area contributed by atoms with Gasteiger partial charge in [0.2, 0.25) is 0 Å². The molecule has 0 saturated heterocycles. The molecule has 0 aliphatic heterocycles. The number of nitrogens with two attached hydrogens (primary N) is 1. The normalized spacial score (nSPS) is 16.2. The fraction of sp³-hybridized carbons (Fsp3) is 0.300. The van der Waals surface area contributed by atoms with Crippen molar-refractivity contribution in [3.05, 3.63) is 101 Å². The highest BCUT2D eigenvalue weighted by atomic mass is 35.5. The van der Waals surface area contributed by atoms with Crippen LogP contribution in [0, 0.1) is 17.7 Å². The number of benzene rings is 3. The number of halogens is 2. The molecule has 0 spiro atoms. The van der Waals surface area contributed by atoms with Gasteiger partial charge in [0.05, 0.1) is 5.56 Å². The summed E-state index contributed by atoms with van der Waals surface area (Å²) in [4.78, 5) is 12.7. The zero-order valence-corrected chi connectivity index (χ0v) is 21.7. The lowest BCUT2D eigenvalue weighted by molar-refractivity contribution is 0.0948. The minimum atomic E-state index is -0.370. The predicted octanol–water partition coefficient (Wildman–Crippen LogP) is 7.96. The molecule has 190 valence electrons. The Bertz CT molecular complexity index is 1160. The van der Waals surface area contributed by atoms with E-state index in [9.17, 15) is 9.18 Å². The largest absolute Gasteiger partial charge is 0.457 e. The molecule has 1 saturated carbocycles. The number of ether oxygens (including phenoxy) is 1. The third kappa shape index (κ3) is 7.85. The Hall–Kier alpha value is -3.31. The van der Waals surface area contributed by atoms with Crippen LogP contribution in [0.2, 0.25) is 5.02 Å². The van der Waals surface area contributed by atoms with E-state index in [2.05, 4.69) is 25.7 Å². The van der Waals surface area contributed by atoms with Gasteiger partial charge in [0.25, 0.3) is 5.91 Å². The number of amides is 1. The molecule has 1 aliphatic carbocycles. The van der Waals surface area contributed by atoms with Crippen molar-refractivity contribution in [1.82, 2.24) is 5.32 Å². The van der Waals surface area contributed by atoms with Crippen LogP contribution in [0.4, 0.5) is 4.39 Å². The van der Waals surface area contributed by atoms with Gasteiger partial charge in [-0.15, -0.1) is 0 Å². The van der Waals surface area contributed by atoms with Gasteiger partial charge in [-0.1, -0.05) is 75.6 Å². The number of hydrogen-bond donors (Lipinski definition) is 2. The van der Waals surface area contributed by atoms with Crippen LogP contribution in [-0.4, -0.2) is 5.91 Å². The summed E-state index contributed by atoms with van der Waals surface area (Å²) in [5.41, 5.74) is 8.15. The Kier molecular flexibility index (Phi) is 9.95. The molecule has 1 amide bonds. The highest BCUT2D eigenvalue weighted by Gasteiger charge is 2.24. The maximum absolute atomic E-state index is 13.1. The molecular weight excluding hydrogens is 475 g/mol. The molecule has 2 unspecified atom stereocenters. The minimum absolute atomic E-state index is 0.281. The number of nitrogens with one attached hydrogen (secondary N) is 1. The molecule has 1 aliphatic rings. The van der Waals surface area contributed by atoms with Gasteiger partial charge < -0.3 is 15.8 Å². The van der Waals surface area contributed by atoms with Gasteiger partial charge >= 0.3 is 0 Å². The van der Waals surface area contributed by atoms with Gasteiger partial charge in [-0.25, -0.2) is 4.39 Å². The smallest absolute Gasteiger partial charge is 0.255 e. The number of rotatable bonds is 8. The van der Waals surface area contributed by atoms with Crippen molar-refractivity contribution in [3.63, 3.8) is 0 Å². The van der Waals surface area contributed by atoms with Crippen molar-refractivity contribution < 1.29 is 13.9 Å².